The van der Waals surface area contributed by atoms with Gasteiger partial charge < -0.3 is 14.6 Å². The summed E-state index contributed by atoms with van der Waals surface area (Å²) >= 11 is 1.68. The van der Waals surface area contributed by atoms with E-state index >= 15 is 0 Å². The van der Waals surface area contributed by atoms with Gasteiger partial charge in [0.2, 0.25) is 0 Å². The van der Waals surface area contributed by atoms with Crippen LogP contribution >= 0.6 is 11.3 Å². The topological polar surface area (TPSA) is 80.5 Å². The Morgan fingerprint density at radius 2 is 2.50 bits per heavy atom. The number of ether oxygens (including phenoxy) is 1. The highest BCUT2D eigenvalue weighted by Crippen LogP contribution is 2.41. The molecule has 4 rings (SSSR count). The van der Waals surface area contributed by atoms with Gasteiger partial charge in [-0.25, -0.2) is 4.98 Å². The molecule has 0 aromatic carbocycles. The van der Waals surface area contributed by atoms with Crippen molar-refractivity contribution < 1.29 is 14.1 Å². The minimum Gasteiger partial charge on any atom is -0.380 e. The number of likely N-dealkylation sites (tertiary alicyclic amines) is 1. The Bertz CT molecular complexity index is 717. The van der Waals surface area contributed by atoms with E-state index in [9.17, 15) is 4.79 Å². The lowest BCUT2D eigenvalue weighted by atomic mass is 9.81. The van der Waals surface area contributed by atoms with Gasteiger partial charge in [-0.1, -0.05) is 5.16 Å². The summed E-state index contributed by atoms with van der Waals surface area (Å²) in [6, 6.07) is 0. The maximum atomic E-state index is 12.3. The lowest BCUT2D eigenvalue weighted by Crippen LogP contribution is -2.43. The zero-order chi connectivity index (χ0) is 16.6. The molecule has 1 amide bonds. The van der Waals surface area contributed by atoms with Gasteiger partial charge in [-0.3, -0.25) is 9.69 Å². The van der Waals surface area contributed by atoms with Crippen molar-refractivity contribution in [2.45, 2.75) is 13.5 Å². The Kier molecular flexibility index (Phi) is 4.11. The third-order valence-electron chi connectivity index (χ3n) is 5.03. The molecular weight excluding hydrogens is 328 g/mol. The summed E-state index contributed by atoms with van der Waals surface area (Å²) in [5.74, 6) is 0.856. The van der Waals surface area contributed by atoms with E-state index in [1.807, 2.05) is 11.6 Å². The summed E-state index contributed by atoms with van der Waals surface area (Å²) in [5.41, 5.74) is 0.484. The summed E-state index contributed by atoms with van der Waals surface area (Å²) < 4.78 is 10.7. The molecule has 2 saturated heterocycles. The molecule has 2 aliphatic heterocycles. The normalized spacial score (nSPS) is 26.6. The predicted molar refractivity (Wildman–Crippen MR) is 87.7 cm³/mol. The smallest absolute Gasteiger partial charge is 0.256 e. The minimum atomic E-state index is -0.132. The van der Waals surface area contributed by atoms with E-state index in [0.717, 1.165) is 31.2 Å². The van der Waals surface area contributed by atoms with Crippen LogP contribution in [-0.2, 0) is 11.3 Å². The van der Waals surface area contributed by atoms with Crippen molar-refractivity contribution in [3.05, 3.63) is 34.1 Å². The first kappa shape index (κ1) is 15.7. The lowest BCUT2D eigenvalue weighted by molar-refractivity contribution is 0.0902. The Balaban J connectivity index is 1.41. The third-order valence-corrected chi connectivity index (χ3v) is 5.79. The lowest BCUT2D eigenvalue weighted by Gasteiger charge is -2.27. The molecule has 24 heavy (non-hydrogen) atoms. The summed E-state index contributed by atoms with van der Waals surface area (Å²) in [7, 11) is 0. The molecule has 0 unspecified atom stereocenters. The number of fused-ring (bicyclic) bond motifs is 1. The Morgan fingerprint density at radius 3 is 3.25 bits per heavy atom. The molecule has 2 aromatic rings. The molecule has 7 nitrogen and oxygen atoms in total. The summed E-state index contributed by atoms with van der Waals surface area (Å²) in [6.07, 6.45) is 3.31. The average molecular weight is 348 g/mol. The van der Waals surface area contributed by atoms with E-state index in [1.165, 1.54) is 6.20 Å². The largest absolute Gasteiger partial charge is 0.380 e. The van der Waals surface area contributed by atoms with E-state index in [2.05, 4.69) is 20.4 Å². The summed E-state index contributed by atoms with van der Waals surface area (Å²) in [5, 5.41) is 9.86. The average Bonchev–Trinajstić information content (AvgIpc) is 3.30. The number of carbonyl (C=O) groups excluding carboxylic acids is 1. The number of hydrogen-bond donors (Lipinski definition) is 1. The number of nitrogens with one attached hydrogen (secondary N) is 1. The van der Waals surface area contributed by atoms with Gasteiger partial charge in [0, 0.05) is 42.5 Å². The number of hydrogen-bond acceptors (Lipinski definition) is 7. The molecule has 2 atom stereocenters. The second kappa shape index (κ2) is 6.27. The number of carbonyl (C=O) groups is 1. The highest BCUT2D eigenvalue weighted by molar-refractivity contribution is 7.09. The van der Waals surface area contributed by atoms with Crippen LogP contribution in [0, 0.1) is 18.3 Å². The van der Waals surface area contributed by atoms with Crippen LogP contribution in [0.5, 0.6) is 0 Å². The van der Waals surface area contributed by atoms with E-state index in [4.69, 9.17) is 9.26 Å². The standard InChI is InChI=1S/C16H20N4O3S/c1-11-13(4-19-23-11)15(21)18-8-16-9-20(5-12(16)7-22-10-16)6-14-17-2-3-24-14/h2-4,12H,5-10H2,1H3,(H,18,21)/t12-,16+/m1/s1. The minimum absolute atomic E-state index is 0.0159. The Hall–Kier alpha value is -1.77. The van der Waals surface area contributed by atoms with Crippen LogP contribution in [0.25, 0.3) is 0 Å². The number of nitrogens with zero attached hydrogens (tertiary/aromatic N) is 3. The Labute approximate surface area is 144 Å². The van der Waals surface area contributed by atoms with Crippen LogP contribution in [0.2, 0.25) is 0 Å². The highest BCUT2D eigenvalue weighted by atomic mass is 32.1. The molecule has 4 heterocycles. The fourth-order valence-corrected chi connectivity index (χ4v) is 4.36. The van der Waals surface area contributed by atoms with E-state index in [0.29, 0.717) is 30.4 Å². The van der Waals surface area contributed by atoms with Crippen LogP contribution in [0.1, 0.15) is 21.1 Å². The molecule has 0 radical (unpaired) electrons. The number of rotatable bonds is 5. The van der Waals surface area contributed by atoms with Gasteiger partial charge in [0.25, 0.3) is 5.91 Å². The van der Waals surface area contributed by atoms with Crippen molar-refractivity contribution in [2.75, 3.05) is 32.8 Å². The molecule has 2 aromatic heterocycles. The van der Waals surface area contributed by atoms with E-state index < -0.39 is 0 Å². The SMILES string of the molecule is Cc1oncc1C(=O)NC[C@]12COC[C@H]1CN(Cc1nccs1)C2. The first-order valence-electron chi connectivity index (χ1n) is 8.04. The number of aryl methyl sites for hydroxylation is 1. The summed E-state index contributed by atoms with van der Waals surface area (Å²) in [4.78, 5) is 19.1. The third kappa shape index (κ3) is 2.85. The van der Waals surface area contributed by atoms with E-state index in [-0.39, 0.29) is 11.3 Å². The fraction of sp³-hybridized carbons (Fsp3) is 0.562. The quantitative estimate of drug-likeness (QED) is 0.878. The van der Waals surface area contributed by atoms with Gasteiger partial charge in [-0.15, -0.1) is 11.3 Å². The van der Waals surface area contributed by atoms with Crippen molar-refractivity contribution in [1.29, 1.82) is 0 Å². The zero-order valence-electron chi connectivity index (χ0n) is 13.5. The fourth-order valence-electron chi connectivity index (χ4n) is 3.70. The van der Waals surface area contributed by atoms with Gasteiger partial charge in [0.05, 0.1) is 26.0 Å². The number of thiazole rings is 1. The zero-order valence-corrected chi connectivity index (χ0v) is 14.3. The number of amides is 1. The van der Waals surface area contributed by atoms with Crippen LogP contribution in [0.15, 0.2) is 22.3 Å². The van der Waals surface area contributed by atoms with Crippen molar-refractivity contribution in [1.82, 2.24) is 20.4 Å². The maximum absolute atomic E-state index is 12.3. The van der Waals surface area contributed by atoms with Crippen molar-refractivity contribution in [3.8, 4) is 0 Å². The molecule has 2 fully saturated rings. The molecule has 1 N–H and O–H groups in total. The molecule has 128 valence electrons. The number of aromatic nitrogens is 2. The van der Waals surface area contributed by atoms with Crippen LogP contribution in [0.3, 0.4) is 0 Å². The van der Waals surface area contributed by atoms with Crippen LogP contribution in [-0.4, -0.2) is 53.8 Å². The van der Waals surface area contributed by atoms with Gasteiger partial charge in [0.15, 0.2) is 0 Å². The molecule has 0 saturated carbocycles. The van der Waals surface area contributed by atoms with Gasteiger partial charge in [0.1, 0.15) is 16.3 Å². The highest BCUT2D eigenvalue weighted by Gasteiger charge is 2.50. The van der Waals surface area contributed by atoms with Gasteiger partial charge in [-0.05, 0) is 6.92 Å². The molecule has 0 spiro atoms. The monoisotopic (exact) mass is 348 g/mol. The second-order valence-corrected chi connectivity index (χ2v) is 7.63. The van der Waals surface area contributed by atoms with Crippen molar-refractivity contribution in [2.24, 2.45) is 11.3 Å². The second-order valence-electron chi connectivity index (χ2n) is 6.65. The molecule has 0 aliphatic carbocycles. The molecular formula is C16H20N4O3S. The molecule has 8 heteroatoms. The van der Waals surface area contributed by atoms with Crippen LogP contribution < -0.4 is 5.32 Å². The van der Waals surface area contributed by atoms with Gasteiger partial charge >= 0.3 is 0 Å². The first-order chi connectivity index (χ1) is 11.7. The first-order valence-corrected chi connectivity index (χ1v) is 8.92. The van der Waals surface area contributed by atoms with E-state index in [1.54, 1.807) is 18.3 Å². The van der Waals surface area contributed by atoms with Crippen molar-refractivity contribution >= 4 is 17.2 Å². The molecule has 2 aliphatic rings. The Morgan fingerprint density at radius 1 is 1.58 bits per heavy atom. The van der Waals surface area contributed by atoms with Crippen molar-refractivity contribution in [3.63, 3.8) is 0 Å². The van der Waals surface area contributed by atoms with Gasteiger partial charge in [-0.2, -0.15) is 0 Å². The summed E-state index contributed by atoms with van der Waals surface area (Å²) in [6.45, 7) is 6.57. The predicted octanol–water partition coefficient (Wildman–Crippen LogP) is 1.32. The maximum Gasteiger partial charge on any atom is 0.256 e. The molecule has 0 bridgehead atoms. The van der Waals surface area contributed by atoms with Crippen LogP contribution in [0.4, 0.5) is 0 Å².